The molecule has 0 spiro atoms. The van der Waals surface area contributed by atoms with Crippen LogP contribution in [0.25, 0.3) is 0 Å². The van der Waals surface area contributed by atoms with Crippen LogP contribution in [0, 0.1) is 20.8 Å². The lowest BCUT2D eigenvalue weighted by Gasteiger charge is -2.32. The van der Waals surface area contributed by atoms with E-state index in [4.69, 9.17) is 0 Å². The number of aromatic nitrogens is 1. The molecule has 0 saturated heterocycles. The number of benzene rings is 1. The van der Waals surface area contributed by atoms with Crippen LogP contribution >= 0.6 is 0 Å². The topological polar surface area (TPSA) is 8.17 Å². The highest BCUT2D eigenvalue weighted by molar-refractivity contribution is 5.41. The molecule has 1 aliphatic heterocycles. The van der Waals surface area contributed by atoms with Gasteiger partial charge in [0.15, 0.2) is 0 Å². The zero-order valence-corrected chi connectivity index (χ0v) is 15.1. The molecule has 3 rings (SSSR count). The van der Waals surface area contributed by atoms with Gasteiger partial charge in [-0.1, -0.05) is 25.5 Å². The largest absolute Gasteiger partial charge is 0.350 e. The van der Waals surface area contributed by atoms with Crippen LogP contribution in [0.5, 0.6) is 0 Å². The normalized spacial score (nSPS) is 18.7. The summed E-state index contributed by atoms with van der Waals surface area (Å²) in [6, 6.07) is 9.72. The molecule has 0 bridgehead atoms. The van der Waals surface area contributed by atoms with Crippen molar-refractivity contribution in [3.05, 3.63) is 58.4 Å². The van der Waals surface area contributed by atoms with E-state index in [1.54, 1.807) is 0 Å². The van der Waals surface area contributed by atoms with Gasteiger partial charge in [-0.05, 0) is 74.5 Å². The highest BCUT2D eigenvalue weighted by atomic mass is 15.2. The van der Waals surface area contributed by atoms with E-state index >= 15 is 0 Å². The molecule has 1 atom stereocenters. The molecule has 23 heavy (non-hydrogen) atoms. The third kappa shape index (κ3) is 3.23. The number of aryl methyl sites for hydroxylation is 4. The number of hydrogen-bond donors (Lipinski definition) is 0. The lowest BCUT2D eigenvalue weighted by atomic mass is 9.93. The van der Waals surface area contributed by atoms with Crippen molar-refractivity contribution < 1.29 is 0 Å². The maximum atomic E-state index is 2.71. The predicted molar refractivity (Wildman–Crippen MR) is 98.0 cm³/mol. The highest BCUT2D eigenvalue weighted by Crippen LogP contribution is 2.34. The van der Waals surface area contributed by atoms with E-state index in [1.807, 2.05) is 0 Å². The first-order chi connectivity index (χ1) is 11.1. The van der Waals surface area contributed by atoms with Crippen LogP contribution in [0.3, 0.4) is 0 Å². The van der Waals surface area contributed by atoms with Gasteiger partial charge in [0.1, 0.15) is 0 Å². The Balaban J connectivity index is 2.08. The number of fused-ring (bicyclic) bond motifs is 1. The smallest absolute Gasteiger partial charge is 0.0758 e. The molecule has 124 valence electrons. The standard InChI is InChI=1S/C21H30N2/c1-5-6-10-23-13-8-12-22-11-7-9-20(22)21(23)19-15-17(3)16(2)14-18(19)4/h7,9,11,14-15,21H,5-6,8,10,12-13H2,1-4H3/t21-/m0/s1. The van der Waals surface area contributed by atoms with Crippen molar-refractivity contribution in [3.8, 4) is 0 Å². The van der Waals surface area contributed by atoms with Gasteiger partial charge in [0.2, 0.25) is 0 Å². The van der Waals surface area contributed by atoms with Crippen LogP contribution in [-0.4, -0.2) is 22.6 Å². The quantitative estimate of drug-likeness (QED) is 0.771. The Morgan fingerprint density at radius 1 is 1.04 bits per heavy atom. The Morgan fingerprint density at radius 3 is 2.61 bits per heavy atom. The zero-order chi connectivity index (χ0) is 16.4. The number of unbranched alkanes of at least 4 members (excludes halogenated alkanes) is 1. The third-order valence-electron chi connectivity index (χ3n) is 5.33. The second-order valence-corrected chi connectivity index (χ2v) is 7.07. The van der Waals surface area contributed by atoms with Gasteiger partial charge < -0.3 is 4.57 Å². The zero-order valence-electron chi connectivity index (χ0n) is 15.1. The van der Waals surface area contributed by atoms with Gasteiger partial charge in [0.25, 0.3) is 0 Å². The molecule has 0 radical (unpaired) electrons. The van der Waals surface area contributed by atoms with Gasteiger partial charge in [-0.3, -0.25) is 4.90 Å². The van der Waals surface area contributed by atoms with E-state index in [9.17, 15) is 0 Å². The molecule has 2 heteroatoms. The molecule has 0 unspecified atom stereocenters. The second kappa shape index (κ2) is 6.92. The monoisotopic (exact) mass is 310 g/mol. The van der Waals surface area contributed by atoms with E-state index in [-0.39, 0.29) is 0 Å². The van der Waals surface area contributed by atoms with Crippen LogP contribution in [0.2, 0.25) is 0 Å². The predicted octanol–water partition coefficient (Wildman–Crippen LogP) is 5.01. The maximum Gasteiger partial charge on any atom is 0.0758 e. The second-order valence-electron chi connectivity index (χ2n) is 7.07. The van der Waals surface area contributed by atoms with Crippen LogP contribution in [0.4, 0.5) is 0 Å². The average molecular weight is 310 g/mol. The average Bonchev–Trinajstić information content (AvgIpc) is 2.91. The third-order valence-corrected chi connectivity index (χ3v) is 5.33. The SMILES string of the molecule is CCCCN1CCCn2cccc2[C@@H]1c1cc(C)c(C)cc1C. The Bertz CT molecular complexity index is 668. The Labute approximate surface area is 141 Å². The minimum atomic E-state index is 0.401. The summed E-state index contributed by atoms with van der Waals surface area (Å²) in [5.41, 5.74) is 7.18. The Morgan fingerprint density at radius 2 is 1.83 bits per heavy atom. The van der Waals surface area contributed by atoms with Gasteiger partial charge in [0, 0.05) is 25.0 Å². The Hall–Kier alpha value is -1.54. The van der Waals surface area contributed by atoms with E-state index < -0.39 is 0 Å². The highest BCUT2D eigenvalue weighted by Gasteiger charge is 2.28. The van der Waals surface area contributed by atoms with Gasteiger partial charge >= 0.3 is 0 Å². The first-order valence-corrected chi connectivity index (χ1v) is 9.08. The van der Waals surface area contributed by atoms with Crippen LogP contribution in [0.1, 0.15) is 60.2 Å². The fourth-order valence-electron chi connectivity index (χ4n) is 3.88. The molecule has 1 aliphatic rings. The summed E-state index contributed by atoms with van der Waals surface area (Å²) < 4.78 is 2.46. The summed E-state index contributed by atoms with van der Waals surface area (Å²) in [5.74, 6) is 0. The number of nitrogens with zero attached hydrogens (tertiary/aromatic N) is 2. The van der Waals surface area contributed by atoms with Crippen molar-refractivity contribution in [1.82, 2.24) is 9.47 Å². The van der Waals surface area contributed by atoms with Gasteiger partial charge in [-0.25, -0.2) is 0 Å². The fourth-order valence-corrected chi connectivity index (χ4v) is 3.88. The molecule has 0 N–H and O–H groups in total. The fraction of sp³-hybridized carbons (Fsp3) is 0.524. The van der Waals surface area contributed by atoms with Gasteiger partial charge in [0.05, 0.1) is 6.04 Å². The summed E-state index contributed by atoms with van der Waals surface area (Å²) in [4.78, 5) is 2.71. The molecular formula is C21H30N2. The molecule has 2 heterocycles. The van der Waals surface area contributed by atoms with Gasteiger partial charge in [-0.15, -0.1) is 0 Å². The number of hydrogen-bond acceptors (Lipinski definition) is 1. The lowest BCUT2D eigenvalue weighted by molar-refractivity contribution is 0.225. The maximum absolute atomic E-state index is 2.71. The molecule has 0 fully saturated rings. The molecular weight excluding hydrogens is 280 g/mol. The summed E-state index contributed by atoms with van der Waals surface area (Å²) in [6.45, 7) is 12.6. The van der Waals surface area contributed by atoms with Crippen molar-refractivity contribution in [2.24, 2.45) is 0 Å². The first kappa shape index (κ1) is 16.3. The molecule has 2 nitrogen and oxygen atoms in total. The molecule has 2 aromatic rings. The molecule has 0 aliphatic carbocycles. The first-order valence-electron chi connectivity index (χ1n) is 9.08. The van der Waals surface area contributed by atoms with Crippen LogP contribution < -0.4 is 0 Å². The van der Waals surface area contributed by atoms with E-state index in [1.165, 1.54) is 60.3 Å². The van der Waals surface area contributed by atoms with Crippen molar-refractivity contribution in [1.29, 1.82) is 0 Å². The van der Waals surface area contributed by atoms with Crippen molar-refractivity contribution in [2.45, 2.75) is 59.5 Å². The minimum Gasteiger partial charge on any atom is -0.350 e. The summed E-state index contributed by atoms with van der Waals surface area (Å²) in [5, 5.41) is 0. The molecule has 1 aromatic carbocycles. The van der Waals surface area contributed by atoms with Crippen molar-refractivity contribution in [2.75, 3.05) is 13.1 Å². The summed E-state index contributed by atoms with van der Waals surface area (Å²) in [6.07, 6.45) is 6.03. The van der Waals surface area contributed by atoms with Crippen LogP contribution in [-0.2, 0) is 6.54 Å². The summed E-state index contributed by atoms with van der Waals surface area (Å²) in [7, 11) is 0. The molecule has 1 aromatic heterocycles. The summed E-state index contributed by atoms with van der Waals surface area (Å²) >= 11 is 0. The van der Waals surface area contributed by atoms with Crippen LogP contribution in [0.15, 0.2) is 30.5 Å². The number of rotatable bonds is 4. The van der Waals surface area contributed by atoms with Crippen molar-refractivity contribution >= 4 is 0 Å². The van der Waals surface area contributed by atoms with E-state index in [0.29, 0.717) is 6.04 Å². The molecule has 0 saturated carbocycles. The minimum absolute atomic E-state index is 0.401. The molecule has 0 amide bonds. The van der Waals surface area contributed by atoms with E-state index in [0.717, 1.165) is 6.54 Å². The van der Waals surface area contributed by atoms with E-state index in [2.05, 4.69) is 67.6 Å². The van der Waals surface area contributed by atoms with Crippen molar-refractivity contribution in [3.63, 3.8) is 0 Å². The lowest BCUT2D eigenvalue weighted by Crippen LogP contribution is -2.31. The van der Waals surface area contributed by atoms with Gasteiger partial charge in [-0.2, -0.15) is 0 Å². The Kier molecular flexibility index (Phi) is 4.91.